The SMILES string of the molecule is Nc1noc(C2CC2)c1Cl. The van der Waals surface area contributed by atoms with Gasteiger partial charge in [-0.2, -0.15) is 0 Å². The lowest BCUT2D eigenvalue weighted by Crippen LogP contribution is -1.83. The van der Waals surface area contributed by atoms with E-state index in [9.17, 15) is 0 Å². The molecule has 1 saturated carbocycles. The molecule has 0 bridgehead atoms. The zero-order valence-electron chi connectivity index (χ0n) is 5.30. The van der Waals surface area contributed by atoms with Crippen LogP contribution < -0.4 is 5.73 Å². The van der Waals surface area contributed by atoms with Crippen LogP contribution in [0.2, 0.25) is 5.02 Å². The molecule has 1 heterocycles. The number of aromatic nitrogens is 1. The van der Waals surface area contributed by atoms with Gasteiger partial charge in [-0.15, -0.1) is 0 Å². The number of nitrogens with two attached hydrogens (primary N) is 1. The standard InChI is InChI=1S/C6H7ClN2O/c7-4-5(3-1-2-3)10-9-6(4)8/h3H,1-2H2,(H2,8,9). The molecule has 10 heavy (non-hydrogen) atoms. The van der Waals surface area contributed by atoms with E-state index in [-0.39, 0.29) is 0 Å². The summed E-state index contributed by atoms with van der Waals surface area (Å²) in [5.41, 5.74) is 5.37. The molecule has 2 N–H and O–H groups in total. The van der Waals surface area contributed by atoms with E-state index in [1.54, 1.807) is 0 Å². The zero-order valence-corrected chi connectivity index (χ0v) is 6.06. The second-order valence-electron chi connectivity index (χ2n) is 2.52. The Hall–Kier alpha value is -0.700. The fourth-order valence-electron chi connectivity index (χ4n) is 0.904. The number of halogens is 1. The van der Waals surface area contributed by atoms with Gasteiger partial charge in [-0.3, -0.25) is 0 Å². The maximum Gasteiger partial charge on any atom is 0.186 e. The minimum Gasteiger partial charge on any atom is -0.380 e. The lowest BCUT2D eigenvalue weighted by atomic mass is 10.3. The van der Waals surface area contributed by atoms with Gasteiger partial charge >= 0.3 is 0 Å². The van der Waals surface area contributed by atoms with Crippen LogP contribution in [0.5, 0.6) is 0 Å². The molecule has 1 aromatic heterocycles. The highest BCUT2D eigenvalue weighted by atomic mass is 35.5. The highest BCUT2D eigenvalue weighted by Gasteiger charge is 2.31. The van der Waals surface area contributed by atoms with E-state index in [0.29, 0.717) is 16.8 Å². The summed E-state index contributed by atoms with van der Waals surface area (Å²) in [5.74, 6) is 1.56. The van der Waals surface area contributed by atoms with Crippen LogP contribution in [0.15, 0.2) is 4.52 Å². The second-order valence-corrected chi connectivity index (χ2v) is 2.90. The predicted molar refractivity (Wildman–Crippen MR) is 37.9 cm³/mol. The Morgan fingerprint density at radius 3 is 2.70 bits per heavy atom. The van der Waals surface area contributed by atoms with Crippen molar-refractivity contribution < 1.29 is 4.52 Å². The third-order valence-electron chi connectivity index (χ3n) is 1.63. The van der Waals surface area contributed by atoms with Gasteiger partial charge in [0.25, 0.3) is 0 Å². The van der Waals surface area contributed by atoms with Crippen molar-refractivity contribution in [2.75, 3.05) is 5.73 Å². The van der Waals surface area contributed by atoms with E-state index in [4.69, 9.17) is 21.9 Å². The van der Waals surface area contributed by atoms with Gasteiger partial charge in [-0.1, -0.05) is 16.8 Å². The van der Waals surface area contributed by atoms with Crippen LogP contribution >= 0.6 is 11.6 Å². The van der Waals surface area contributed by atoms with Crippen molar-refractivity contribution in [1.82, 2.24) is 5.16 Å². The number of nitrogens with zero attached hydrogens (tertiary/aromatic N) is 1. The second kappa shape index (κ2) is 1.89. The summed E-state index contributed by atoms with van der Waals surface area (Å²) in [6, 6.07) is 0. The molecule has 0 aliphatic heterocycles. The first-order valence-electron chi connectivity index (χ1n) is 3.19. The summed E-state index contributed by atoms with van der Waals surface area (Å²) < 4.78 is 4.91. The first-order chi connectivity index (χ1) is 4.79. The molecule has 3 nitrogen and oxygen atoms in total. The fraction of sp³-hybridized carbons (Fsp3) is 0.500. The molecule has 0 spiro atoms. The van der Waals surface area contributed by atoms with Gasteiger partial charge in [-0.25, -0.2) is 0 Å². The molecule has 0 atom stereocenters. The van der Waals surface area contributed by atoms with Gasteiger partial charge in [0.15, 0.2) is 11.6 Å². The Bertz CT molecular complexity index is 254. The molecule has 1 aliphatic rings. The van der Waals surface area contributed by atoms with Crippen molar-refractivity contribution in [3.8, 4) is 0 Å². The molecular formula is C6H7ClN2O. The molecule has 2 rings (SSSR count). The van der Waals surface area contributed by atoms with Gasteiger partial charge in [0.2, 0.25) is 0 Å². The van der Waals surface area contributed by atoms with Crippen molar-refractivity contribution in [1.29, 1.82) is 0 Å². The molecular weight excluding hydrogens is 152 g/mol. The number of nitrogen functional groups attached to an aromatic ring is 1. The van der Waals surface area contributed by atoms with Gasteiger partial charge in [0.1, 0.15) is 5.02 Å². The molecule has 1 aliphatic carbocycles. The predicted octanol–water partition coefficient (Wildman–Crippen LogP) is 1.79. The van der Waals surface area contributed by atoms with E-state index in [1.807, 2.05) is 0 Å². The molecule has 0 aromatic carbocycles. The van der Waals surface area contributed by atoms with E-state index in [2.05, 4.69) is 5.16 Å². The average Bonchev–Trinajstić information content (AvgIpc) is 2.67. The van der Waals surface area contributed by atoms with Crippen LogP contribution in [0.3, 0.4) is 0 Å². The van der Waals surface area contributed by atoms with Gasteiger partial charge in [0, 0.05) is 5.92 Å². The van der Waals surface area contributed by atoms with Crippen molar-refractivity contribution in [3.63, 3.8) is 0 Å². The van der Waals surface area contributed by atoms with Gasteiger partial charge in [0.05, 0.1) is 0 Å². The van der Waals surface area contributed by atoms with Crippen molar-refractivity contribution in [2.24, 2.45) is 0 Å². The summed E-state index contributed by atoms with van der Waals surface area (Å²) >= 11 is 5.76. The Morgan fingerprint density at radius 2 is 2.30 bits per heavy atom. The highest BCUT2D eigenvalue weighted by Crippen LogP contribution is 2.44. The topological polar surface area (TPSA) is 52.0 Å². The third-order valence-corrected chi connectivity index (χ3v) is 2.01. The quantitative estimate of drug-likeness (QED) is 0.678. The minimum atomic E-state index is 0.309. The molecule has 0 radical (unpaired) electrons. The van der Waals surface area contributed by atoms with Crippen LogP contribution in [-0.2, 0) is 0 Å². The van der Waals surface area contributed by atoms with E-state index < -0.39 is 0 Å². The van der Waals surface area contributed by atoms with Crippen LogP contribution in [0, 0.1) is 0 Å². The minimum absolute atomic E-state index is 0.309. The Morgan fingerprint density at radius 1 is 1.60 bits per heavy atom. The molecule has 0 unspecified atom stereocenters. The van der Waals surface area contributed by atoms with Crippen LogP contribution in [0.25, 0.3) is 0 Å². The molecule has 1 fully saturated rings. The lowest BCUT2D eigenvalue weighted by Gasteiger charge is -1.86. The Labute approximate surface area is 63.1 Å². The monoisotopic (exact) mass is 158 g/mol. The first kappa shape index (κ1) is 6.04. The van der Waals surface area contributed by atoms with Crippen molar-refractivity contribution in [3.05, 3.63) is 10.8 Å². The van der Waals surface area contributed by atoms with Crippen LogP contribution in [0.1, 0.15) is 24.5 Å². The Balaban J connectivity index is 2.40. The fourth-order valence-corrected chi connectivity index (χ4v) is 1.13. The first-order valence-corrected chi connectivity index (χ1v) is 3.57. The third kappa shape index (κ3) is 0.778. The maximum atomic E-state index is 5.76. The van der Waals surface area contributed by atoms with E-state index in [0.717, 1.165) is 18.6 Å². The van der Waals surface area contributed by atoms with Crippen molar-refractivity contribution in [2.45, 2.75) is 18.8 Å². The molecule has 0 amide bonds. The number of rotatable bonds is 1. The highest BCUT2D eigenvalue weighted by molar-refractivity contribution is 6.33. The number of hydrogen-bond donors (Lipinski definition) is 1. The Kier molecular flexibility index (Phi) is 1.14. The smallest absolute Gasteiger partial charge is 0.186 e. The van der Waals surface area contributed by atoms with Crippen molar-refractivity contribution >= 4 is 17.4 Å². The van der Waals surface area contributed by atoms with E-state index >= 15 is 0 Å². The normalized spacial score (nSPS) is 17.7. The average molecular weight is 159 g/mol. The van der Waals surface area contributed by atoms with Gasteiger partial charge in [-0.05, 0) is 12.8 Å². The zero-order chi connectivity index (χ0) is 7.14. The van der Waals surface area contributed by atoms with Gasteiger partial charge < -0.3 is 10.3 Å². The summed E-state index contributed by atoms with van der Waals surface area (Å²) in [6.07, 6.45) is 2.29. The summed E-state index contributed by atoms with van der Waals surface area (Å²) in [5, 5.41) is 4.05. The molecule has 1 aromatic rings. The summed E-state index contributed by atoms with van der Waals surface area (Å²) in [4.78, 5) is 0. The van der Waals surface area contributed by atoms with Crippen LogP contribution in [-0.4, -0.2) is 5.16 Å². The number of anilines is 1. The summed E-state index contributed by atoms with van der Waals surface area (Å²) in [7, 11) is 0. The van der Waals surface area contributed by atoms with E-state index in [1.165, 1.54) is 0 Å². The lowest BCUT2D eigenvalue weighted by molar-refractivity contribution is 0.387. The maximum absolute atomic E-state index is 5.76. The molecule has 0 saturated heterocycles. The largest absolute Gasteiger partial charge is 0.380 e. The number of hydrogen-bond acceptors (Lipinski definition) is 3. The molecule has 54 valence electrons. The van der Waals surface area contributed by atoms with Crippen LogP contribution in [0.4, 0.5) is 5.82 Å². The summed E-state index contributed by atoms with van der Waals surface area (Å²) in [6.45, 7) is 0. The molecule has 4 heteroatoms.